The molecule has 1 heterocycles. The van der Waals surface area contributed by atoms with Crippen LogP contribution in [0, 0.1) is 13.8 Å². The summed E-state index contributed by atoms with van der Waals surface area (Å²) in [5.74, 6) is 1.53. The number of fused-ring (bicyclic) bond motifs is 1. The average Bonchev–Trinajstić information content (AvgIpc) is 2.91. The van der Waals surface area contributed by atoms with Gasteiger partial charge in [-0.1, -0.05) is 19.9 Å². The summed E-state index contributed by atoms with van der Waals surface area (Å²) < 4.78 is 45.6. The number of rotatable bonds is 8. The summed E-state index contributed by atoms with van der Waals surface area (Å²) in [7, 11) is -0.820. The number of aryl methyl sites for hydroxylation is 2. The van der Waals surface area contributed by atoms with Crippen LogP contribution < -0.4 is 23.8 Å². The Kier molecular flexibility index (Phi) is 8.11. The molecule has 1 aliphatic rings. The lowest BCUT2D eigenvalue weighted by molar-refractivity contribution is -0.128. The van der Waals surface area contributed by atoms with E-state index in [2.05, 4.69) is 25.2 Å². The van der Waals surface area contributed by atoms with Crippen LogP contribution in [0.3, 0.4) is 0 Å². The van der Waals surface area contributed by atoms with E-state index in [0.29, 0.717) is 17.2 Å². The maximum absolute atomic E-state index is 13.8. The minimum atomic E-state index is -3.99. The standard InChI is InChI=1S/C30H36N2O6S/c1-18(2)24-16-25(20(4)15-28(24)37-7)21(5)31-30(33)29-17-32(26-14-19(3)8-13-27(26)38-29)39(34,35)23-11-9-22(36-6)10-12-23/h8-16,18,21,29H,17H2,1-7H3,(H,31,33)/t21-,29-/m0/s1. The van der Waals surface area contributed by atoms with Crippen molar-refractivity contribution in [1.82, 2.24) is 5.32 Å². The Balaban J connectivity index is 1.64. The van der Waals surface area contributed by atoms with Crippen LogP contribution in [0.5, 0.6) is 17.2 Å². The van der Waals surface area contributed by atoms with Gasteiger partial charge in [-0.05, 0) is 97.5 Å². The highest BCUT2D eigenvalue weighted by molar-refractivity contribution is 7.92. The first-order valence-electron chi connectivity index (χ1n) is 12.9. The van der Waals surface area contributed by atoms with Crippen LogP contribution in [-0.2, 0) is 14.8 Å². The quantitative estimate of drug-likeness (QED) is 0.409. The van der Waals surface area contributed by atoms with Crippen molar-refractivity contribution in [3.8, 4) is 17.2 Å². The molecule has 4 rings (SSSR count). The molecule has 0 spiro atoms. The predicted octanol–water partition coefficient (Wildman–Crippen LogP) is 5.28. The van der Waals surface area contributed by atoms with Gasteiger partial charge in [0, 0.05) is 0 Å². The van der Waals surface area contributed by atoms with Gasteiger partial charge in [0.25, 0.3) is 15.9 Å². The van der Waals surface area contributed by atoms with Crippen molar-refractivity contribution in [2.75, 3.05) is 25.1 Å². The molecule has 3 aromatic rings. The summed E-state index contributed by atoms with van der Waals surface area (Å²) >= 11 is 0. The molecule has 0 unspecified atom stereocenters. The van der Waals surface area contributed by atoms with Gasteiger partial charge in [0.1, 0.15) is 17.2 Å². The number of anilines is 1. The Morgan fingerprint density at radius 3 is 2.28 bits per heavy atom. The highest BCUT2D eigenvalue weighted by atomic mass is 32.2. The van der Waals surface area contributed by atoms with Crippen LogP contribution in [0.15, 0.2) is 59.5 Å². The van der Waals surface area contributed by atoms with Gasteiger partial charge in [-0.3, -0.25) is 9.10 Å². The molecule has 8 nitrogen and oxygen atoms in total. The first kappa shape index (κ1) is 28.3. The Labute approximate surface area is 230 Å². The number of amides is 1. The number of nitrogens with one attached hydrogen (secondary N) is 1. The highest BCUT2D eigenvalue weighted by Gasteiger charge is 2.38. The molecular formula is C30H36N2O6S. The predicted molar refractivity (Wildman–Crippen MR) is 151 cm³/mol. The third-order valence-electron chi connectivity index (χ3n) is 6.99. The Hall–Kier alpha value is -3.72. The van der Waals surface area contributed by atoms with Crippen molar-refractivity contribution >= 4 is 21.6 Å². The fourth-order valence-electron chi connectivity index (χ4n) is 4.79. The molecule has 9 heteroatoms. The number of nitrogens with zero attached hydrogens (tertiary/aromatic N) is 1. The van der Waals surface area contributed by atoms with E-state index in [-0.39, 0.29) is 23.4 Å². The van der Waals surface area contributed by atoms with Gasteiger partial charge in [-0.15, -0.1) is 0 Å². The molecule has 0 bridgehead atoms. The molecule has 0 aliphatic carbocycles. The van der Waals surface area contributed by atoms with Crippen molar-refractivity contribution in [2.24, 2.45) is 0 Å². The summed E-state index contributed by atoms with van der Waals surface area (Å²) in [5, 5.41) is 3.04. The molecule has 1 N–H and O–H groups in total. The van der Waals surface area contributed by atoms with Gasteiger partial charge in [0.05, 0.1) is 37.4 Å². The van der Waals surface area contributed by atoms with E-state index in [1.807, 2.05) is 32.9 Å². The molecule has 3 aromatic carbocycles. The van der Waals surface area contributed by atoms with Crippen LogP contribution >= 0.6 is 0 Å². The second-order valence-electron chi connectivity index (χ2n) is 10.1. The van der Waals surface area contributed by atoms with E-state index in [1.165, 1.54) is 23.5 Å². The lowest BCUT2D eigenvalue weighted by Gasteiger charge is -2.35. The van der Waals surface area contributed by atoms with Crippen molar-refractivity contribution in [2.45, 2.75) is 57.6 Å². The molecule has 1 amide bonds. The lowest BCUT2D eigenvalue weighted by atomic mass is 9.93. The number of methoxy groups -OCH3 is 2. The van der Waals surface area contributed by atoms with Gasteiger partial charge < -0.3 is 19.5 Å². The van der Waals surface area contributed by atoms with E-state index >= 15 is 0 Å². The van der Waals surface area contributed by atoms with Gasteiger partial charge in [0.15, 0.2) is 6.10 Å². The van der Waals surface area contributed by atoms with Gasteiger partial charge in [0.2, 0.25) is 0 Å². The molecule has 0 fully saturated rings. The SMILES string of the molecule is COc1ccc(S(=O)(=O)N2C[C@@H](C(=O)N[C@@H](C)c3cc(C(C)C)c(OC)cc3C)Oc3ccc(C)cc32)cc1. The van der Waals surface area contributed by atoms with Crippen molar-refractivity contribution in [3.63, 3.8) is 0 Å². The second kappa shape index (κ2) is 11.2. The number of hydrogen-bond donors (Lipinski definition) is 1. The number of sulfonamides is 1. The molecule has 1 aliphatic heterocycles. The highest BCUT2D eigenvalue weighted by Crippen LogP contribution is 2.38. The summed E-state index contributed by atoms with van der Waals surface area (Å²) in [6, 6.07) is 15.2. The number of ether oxygens (including phenoxy) is 3. The van der Waals surface area contributed by atoms with Crippen LogP contribution in [0.2, 0.25) is 0 Å². The van der Waals surface area contributed by atoms with Crippen LogP contribution in [0.4, 0.5) is 5.69 Å². The van der Waals surface area contributed by atoms with E-state index in [9.17, 15) is 13.2 Å². The fourth-order valence-corrected chi connectivity index (χ4v) is 6.26. The van der Waals surface area contributed by atoms with E-state index in [0.717, 1.165) is 28.0 Å². The maximum Gasteiger partial charge on any atom is 0.264 e. The van der Waals surface area contributed by atoms with E-state index < -0.39 is 22.0 Å². The zero-order valence-electron chi connectivity index (χ0n) is 23.4. The lowest BCUT2D eigenvalue weighted by Crippen LogP contribution is -2.51. The Bertz CT molecular complexity index is 1470. The first-order valence-corrected chi connectivity index (χ1v) is 14.3. The van der Waals surface area contributed by atoms with Gasteiger partial charge in [-0.2, -0.15) is 0 Å². The summed E-state index contributed by atoms with van der Waals surface area (Å²) in [6.45, 7) is 9.77. The molecule has 2 atom stereocenters. The number of benzene rings is 3. The normalized spacial score (nSPS) is 15.8. The van der Waals surface area contributed by atoms with Crippen LogP contribution in [0.1, 0.15) is 55.0 Å². The zero-order valence-corrected chi connectivity index (χ0v) is 24.3. The minimum absolute atomic E-state index is 0.0975. The molecule has 208 valence electrons. The third kappa shape index (κ3) is 5.68. The van der Waals surface area contributed by atoms with Gasteiger partial charge >= 0.3 is 0 Å². The molecule has 39 heavy (non-hydrogen) atoms. The number of carbonyl (C=O) groups excluding carboxylic acids is 1. The topological polar surface area (TPSA) is 94.2 Å². The summed E-state index contributed by atoms with van der Waals surface area (Å²) in [5.41, 5.74) is 4.27. The molecular weight excluding hydrogens is 516 g/mol. The van der Waals surface area contributed by atoms with Crippen LogP contribution in [-0.4, -0.2) is 41.2 Å². The first-order chi connectivity index (χ1) is 18.5. The van der Waals surface area contributed by atoms with Crippen molar-refractivity contribution in [1.29, 1.82) is 0 Å². The molecule has 0 saturated heterocycles. The molecule has 0 radical (unpaired) electrons. The smallest absolute Gasteiger partial charge is 0.264 e. The zero-order chi connectivity index (χ0) is 28.5. The van der Waals surface area contributed by atoms with Crippen molar-refractivity contribution in [3.05, 3.63) is 76.9 Å². The maximum atomic E-state index is 13.8. The van der Waals surface area contributed by atoms with Crippen molar-refractivity contribution < 1.29 is 27.4 Å². The largest absolute Gasteiger partial charge is 0.497 e. The second-order valence-corrected chi connectivity index (χ2v) is 12.0. The van der Waals surface area contributed by atoms with E-state index in [4.69, 9.17) is 14.2 Å². The Morgan fingerprint density at radius 2 is 1.67 bits per heavy atom. The molecule has 0 saturated carbocycles. The third-order valence-corrected chi connectivity index (χ3v) is 8.78. The van der Waals surface area contributed by atoms with Gasteiger partial charge in [-0.25, -0.2) is 8.42 Å². The van der Waals surface area contributed by atoms with E-state index in [1.54, 1.807) is 31.4 Å². The summed E-state index contributed by atoms with van der Waals surface area (Å²) in [4.78, 5) is 13.6. The summed E-state index contributed by atoms with van der Waals surface area (Å²) in [6.07, 6.45) is -1.04. The number of hydrogen-bond acceptors (Lipinski definition) is 6. The van der Waals surface area contributed by atoms with Crippen LogP contribution in [0.25, 0.3) is 0 Å². The Morgan fingerprint density at radius 1 is 0.974 bits per heavy atom. The molecule has 0 aromatic heterocycles. The number of carbonyl (C=O) groups is 1. The minimum Gasteiger partial charge on any atom is -0.497 e. The fraction of sp³-hybridized carbons (Fsp3) is 0.367. The monoisotopic (exact) mass is 552 g/mol. The average molecular weight is 553 g/mol.